The Hall–Kier alpha value is -2.23. The predicted molar refractivity (Wildman–Crippen MR) is 112 cm³/mol. The van der Waals surface area contributed by atoms with Crippen molar-refractivity contribution in [3.05, 3.63) is 64.7 Å². The quantitative estimate of drug-likeness (QED) is 0.571. The molecule has 0 unspecified atom stereocenters. The van der Waals surface area contributed by atoms with Crippen molar-refractivity contribution in [2.24, 2.45) is 0 Å². The normalized spacial score (nSPS) is 16.1. The molecule has 9 heteroatoms. The van der Waals surface area contributed by atoms with E-state index in [0.29, 0.717) is 35.8 Å². The number of nitrogens with zero attached hydrogens (tertiary/aromatic N) is 3. The highest BCUT2D eigenvalue weighted by Gasteiger charge is 2.31. The first kappa shape index (κ1) is 21.0. The Bertz CT molecular complexity index is 1140. The van der Waals surface area contributed by atoms with E-state index >= 15 is 0 Å². The van der Waals surface area contributed by atoms with Crippen LogP contribution in [0.3, 0.4) is 0 Å². The highest BCUT2D eigenvalue weighted by atomic mass is 32.2. The molecule has 0 radical (unpaired) electrons. The maximum atomic E-state index is 14.0. The lowest BCUT2D eigenvalue weighted by Gasteiger charge is -2.30. The minimum absolute atomic E-state index is 0.0636. The fraction of sp³-hybridized carbons (Fsp3) is 0.333. The number of aryl methyl sites for hydroxylation is 1. The van der Waals surface area contributed by atoms with E-state index in [1.807, 2.05) is 19.1 Å². The number of aromatic nitrogens is 2. The first-order valence-corrected chi connectivity index (χ1v) is 12.0. The van der Waals surface area contributed by atoms with Crippen LogP contribution in [0, 0.1) is 11.6 Å². The lowest BCUT2D eigenvalue weighted by atomic mass is 9.99. The number of hydrogen-bond donors (Lipinski definition) is 0. The van der Waals surface area contributed by atoms with E-state index in [9.17, 15) is 17.2 Å². The molecule has 158 valence electrons. The van der Waals surface area contributed by atoms with Gasteiger partial charge in [-0.2, -0.15) is 4.31 Å². The molecule has 5 nitrogen and oxygen atoms in total. The summed E-state index contributed by atoms with van der Waals surface area (Å²) in [6, 6.07) is 10.4. The summed E-state index contributed by atoms with van der Waals surface area (Å²) >= 11 is 1.27. The summed E-state index contributed by atoms with van der Waals surface area (Å²) in [5.41, 5.74) is 1.31. The van der Waals surface area contributed by atoms with Crippen LogP contribution in [0.25, 0.3) is 10.6 Å². The van der Waals surface area contributed by atoms with Crippen LogP contribution in [0.1, 0.15) is 36.3 Å². The van der Waals surface area contributed by atoms with Crippen LogP contribution >= 0.6 is 11.3 Å². The average molecular weight is 450 g/mol. The number of hydrogen-bond acceptors (Lipinski definition) is 5. The molecule has 0 atom stereocenters. The fourth-order valence-corrected chi connectivity index (χ4v) is 6.07. The molecule has 2 heterocycles. The number of rotatable bonds is 5. The first-order chi connectivity index (χ1) is 14.4. The van der Waals surface area contributed by atoms with Gasteiger partial charge in [-0.15, -0.1) is 10.2 Å². The van der Waals surface area contributed by atoms with Crippen LogP contribution in [0.5, 0.6) is 0 Å². The Labute approximate surface area is 178 Å². The summed E-state index contributed by atoms with van der Waals surface area (Å²) in [7, 11) is -3.52. The van der Waals surface area contributed by atoms with Crippen molar-refractivity contribution in [3.8, 4) is 10.6 Å². The van der Waals surface area contributed by atoms with Crippen LogP contribution in [-0.2, 0) is 16.4 Å². The summed E-state index contributed by atoms with van der Waals surface area (Å²) in [4.78, 5) is 0.308. The van der Waals surface area contributed by atoms with Gasteiger partial charge in [-0.3, -0.25) is 0 Å². The Morgan fingerprint density at radius 2 is 1.77 bits per heavy atom. The first-order valence-electron chi connectivity index (χ1n) is 9.76. The third kappa shape index (κ3) is 4.14. The number of halogens is 2. The fourth-order valence-electron chi connectivity index (χ4n) is 3.56. The van der Waals surface area contributed by atoms with Gasteiger partial charge in [0, 0.05) is 30.6 Å². The summed E-state index contributed by atoms with van der Waals surface area (Å²) in [6.07, 6.45) is 2.09. The van der Waals surface area contributed by atoms with Gasteiger partial charge in [0.25, 0.3) is 0 Å². The van der Waals surface area contributed by atoms with Crippen LogP contribution in [-0.4, -0.2) is 36.0 Å². The summed E-state index contributed by atoms with van der Waals surface area (Å²) in [6.45, 7) is 2.81. The highest BCUT2D eigenvalue weighted by Crippen LogP contribution is 2.35. The molecule has 4 rings (SSSR count). The van der Waals surface area contributed by atoms with Gasteiger partial charge in [0.1, 0.15) is 16.6 Å². The molecule has 30 heavy (non-hydrogen) atoms. The van der Waals surface area contributed by atoms with Crippen LogP contribution in [0.15, 0.2) is 47.4 Å². The van der Waals surface area contributed by atoms with E-state index in [1.165, 1.54) is 27.8 Å². The lowest BCUT2D eigenvalue weighted by molar-refractivity contribution is 0.318. The van der Waals surface area contributed by atoms with Gasteiger partial charge >= 0.3 is 0 Å². The van der Waals surface area contributed by atoms with Gasteiger partial charge in [-0.25, -0.2) is 17.2 Å². The number of piperidine rings is 1. The number of benzene rings is 2. The Balaban J connectivity index is 1.45. The van der Waals surface area contributed by atoms with E-state index in [4.69, 9.17) is 0 Å². The van der Waals surface area contributed by atoms with Crippen molar-refractivity contribution in [3.63, 3.8) is 0 Å². The average Bonchev–Trinajstić information content (AvgIpc) is 3.24. The molecular weight excluding hydrogens is 428 g/mol. The molecule has 1 aromatic heterocycles. The second-order valence-electron chi connectivity index (χ2n) is 7.25. The van der Waals surface area contributed by atoms with Crippen molar-refractivity contribution < 1.29 is 17.2 Å². The van der Waals surface area contributed by atoms with E-state index in [2.05, 4.69) is 10.2 Å². The Morgan fingerprint density at radius 3 is 2.40 bits per heavy atom. The molecule has 1 aliphatic heterocycles. The molecule has 1 aliphatic rings. The summed E-state index contributed by atoms with van der Waals surface area (Å²) in [5.74, 6) is -1.25. The molecule has 0 amide bonds. The van der Waals surface area contributed by atoms with E-state index < -0.39 is 21.7 Å². The SMILES string of the molecule is CCc1ccc(S(=O)(=O)N2CCC(c3nnc(-c4ccc(F)cc4F)s3)CC2)cc1. The third-order valence-corrected chi connectivity index (χ3v) is 8.41. The molecule has 3 aromatic rings. The smallest absolute Gasteiger partial charge is 0.207 e. The van der Waals surface area contributed by atoms with Gasteiger partial charge in [0.2, 0.25) is 10.0 Å². The molecule has 1 fully saturated rings. The van der Waals surface area contributed by atoms with Crippen molar-refractivity contribution in [1.82, 2.24) is 14.5 Å². The molecule has 2 aromatic carbocycles. The van der Waals surface area contributed by atoms with Crippen molar-refractivity contribution >= 4 is 21.4 Å². The van der Waals surface area contributed by atoms with Gasteiger partial charge in [-0.05, 0) is 49.1 Å². The molecule has 0 aliphatic carbocycles. The molecule has 0 bridgehead atoms. The molecule has 1 saturated heterocycles. The van der Waals surface area contributed by atoms with E-state index in [0.717, 1.165) is 23.1 Å². The topological polar surface area (TPSA) is 63.2 Å². The monoisotopic (exact) mass is 449 g/mol. The molecule has 0 saturated carbocycles. The third-order valence-electron chi connectivity index (χ3n) is 5.37. The maximum Gasteiger partial charge on any atom is 0.243 e. The maximum absolute atomic E-state index is 14.0. The minimum Gasteiger partial charge on any atom is -0.207 e. The summed E-state index contributed by atoms with van der Waals surface area (Å²) < 4.78 is 54.5. The summed E-state index contributed by atoms with van der Waals surface area (Å²) in [5, 5.41) is 9.39. The van der Waals surface area contributed by atoms with Crippen LogP contribution in [0.4, 0.5) is 8.78 Å². The largest absolute Gasteiger partial charge is 0.243 e. The van der Waals surface area contributed by atoms with Crippen LogP contribution in [0.2, 0.25) is 0 Å². The van der Waals surface area contributed by atoms with Crippen molar-refractivity contribution in [1.29, 1.82) is 0 Å². The lowest BCUT2D eigenvalue weighted by Crippen LogP contribution is -2.37. The molecule has 0 spiro atoms. The van der Waals surface area contributed by atoms with Crippen molar-refractivity contribution in [2.45, 2.75) is 37.0 Å². The van der Waals surface area contributed by atoms with Gasteiger partial charge in [0.05, 0.1) is 4.90 Å². The van der Waals surface area contributed by atoms with Gasteiger partial charge in [-0.1, -0.05) is 30.4 Å². The predicted octanol–water partition coefficient (Wildman–Crippen LogP) is 4.61. The van der Waals surface area contributed by atoms with Gasteiger partial charge in [0.15, 0.2) is 5.01 Å². The molecule has 0 N–H and O–H groups in total. The second kappa shape index (κ2) is 8.49. The number of sulfonamides is 1. The minimum atomic E-state index is -3.52. The zero-order chi connectivity index (χ0) is 21.3. The van der Waals surface area contributed by atoms with Crippen molar-refractivity contribution in [2.75, 3.05) is 13.1 Å². The zero-order valence-corrected chi connectivity index (χ0v) is 18.0. The van der Waals surface area contributed by atoms with Gasteiger partial charge < -0.3 is 0 Å². The Morgan fingerprint density at radius 1 is 1.07 bits per heavy atom. The standard InChI is InChI=1S/C21H21F2N3O2S2/c1-2-14-3-6-17(7-4-14)30(27,28)26-11-9-15(10-12-26)20-24-25-21(29-20)18-8-5-16(22)13-19(18)23/h3-8,13,15H,2,9-12H2,1H3. The van der Waals surface area contributed by atoms with E-state index in [1.54, 1.807) is 12.1 Å². The zero-order valence-electron chi connectivity index (χ0n) is 16.4. The van der Waals surface area contributed by atoms with E-state index in [-0.39, 0.29) is 11.5 Å². The van der Waals surface area contributed by atoms with Crippen LogP contribution < -0.4 is 0 Å². The Kier molecular flexibility index (Phi) is 5.95. The second-order valence-corrected chi connectivity index (χ2v) is 10.2. The molecular formula is C21H21F2N3O2S2. The highest BCUT2D eigenvalue weighted by molar-refractivity contribution is 7.89.